The molecule has 1 aliphatic heterocycles. The molecule has 162 valence electrons. The van der Waals surface area contributed by atoms with Crippen molar-refractivity contribution in [2.45, 2.75) is 71.4 Å². The van der Waals surface area contributed by atoms with Crippen LogP contribution in [0.25, 0.3) is 0 Å². The Morgan fingerprint density at radius 1 is 1.24 bits per heavy atom. The highest BCUT2D eigenvalue weighted by molar-refractivity contribution is 5.84. The number of hydrogen-bond donors (Lipinski definition) is 3. The minimum absolute atomic E-state index is 0.0582. The lowest BCUT2D eigenvalue weighted by molar-refractivity contribution is -0.155. The molecule has 0 unspecified atom stereocenters. The van der Waals surface area contributed by atoms with Gasteiger partial charge in [0.1, 0.15) is 11.6 Å². The van der Waals surface area contributed by atoms with Crippen LogP contribution in [-0.2, 0) is 19.1 Å². The largest absolute Gasteiger partial charge is 0.460 e. The smallest absolute Gasteiger partial charge is 0.306 e. The molecule has 7 heteroatoms. The van der Waals surface area contributed by atoms with Crippen LogP contribution < -0.4 is 16.0 Å². The maximum absolute atomic E-state index is 12.4. The van der Waals surface area contributed by atoms with E-state index in [1.807, 2.05) is 6.92 Å². The molecule has 0 bridgehead atoms. The maximum atomic E-state index is 12.4. The fourth-order valence-electron chi connectivity index (χ4n) is 2.85. The minimum Gasteiger partial charge on any atom is -0.460 e. The fourth-order valence-corrected chi connectivity index (χ4v) is 2.85. The predicted octanol–water partition coefficient (Wildman–Crippen LogP) is 2.50. The summed E-state index contributed by atoms with van der Waals surface area (Å²) in [4.78, 5) is 35.2. The molecule has 0 spiro atoms. The van der Waals surface area contributed by atoms with Crippen LogP contribution in [0.15, 0.2) is 35.6 Å². The molecule has 0 aromatic rings. The molecule has 0 fully saturated rings. The zero-order valence-electron chi connectivity index (χ0n) is 18.0. The van der Waals surface area contributed by atoms with Gasteiger partial charge in [0.05, 0.1) is 0 Å². The van der Waals surface area contributed by atoms with Crippen LogP contribution in [0.1, 0.15) is 59.8 Å². The highest BCUT2D eigenvalue weighted by Crippen LogP contribution is 2.13. The minimum atomic E-state index is -0.762. The van der Waals surface area contributed by atoms with Crippen molar-refractivity contribution in [1.82, 2.24) is 16.0 Å². The predicted molar refractivity (Wildman–Crippen MR) is 114 cm³/mol. The Kier molecular flexibility index (Phi) is 10.8. The molecular weight excluding hydrogens is 370 g/mol. The number of rotatable bonds is 9. The Labute approximate surface area is 174 Å². The highest BCUT2D eigenvalue weighted by Gasteiger charge is 2.21. The fraction of sp³-hybridized carbons (Fsp3) is 0.591. The molecule has 1 heterocycles. The lowest BCUT2D eigenvalue weighted by atomic mass is 10.0. The van der Waals surface area contributed by atoms with Gasteiger partial charge in [-0.2, -0.15) is 0 Å². The summed E-state index contributed by atoms with van der Waals surface area (Å²) in [6.45, 7) is 8.64. The zero-order valence-corrected chi connectivity index (χ0v) is 18.0. The Balaban J connectivity index is 2.54. The van der Waals surface area contributed by atoms with Crippen LogP contribution in [0.4, 0.5) is 0 Å². The van der Waals surface area contributed by atoms with Crippen molar-refractivity contribution < 1.29 is 19.1 Å². The van der Waals surface area contributed by atoms with Gasteiger partial charge in [0, 0.05) is 25.2 Å². The summed E-state index contributed by atoms with van der Waals surface area (Å²) < 4.78 is 5.25. The van der Waals surface area contributed by atoms with E-state index in [0.29, 0.717) is 19.4 Å². The number of allylic oxidation sites excluding steroid dienone is 4. The van der Waals surface area contributed by atoms with Gasteiger partial charge in [0.25, 0.3) is 0 Å². The number of amides is 2. The lowest BCUT2D eigenvalue weighted by Crippen LogP contribution is -2.44. The summed E-state index contributed by atoms with van der Waals surface area (Å²) in [5.74, 6) is -0.692. The summed E-state index contributed by atoms with van der Waals surface area (Å²) in [5.41, 5.74) is 1.76. The first kappa shape index (κ1) is 24.5. The first-order valence-electron chi connectivity index (χ1n) is 10.1. The van der Waals surface area contributed by atoms with Crippen molar-refractivity contribution in [1.29, 1.82) is 0 Å². The van der Waals surface area contributed by atoms with Gasteiger partial charge in [-0.25, -0.2) is 0 Å². The van der Waals surface area contributed by atoms with Gasteiger partial charge in [-0.3, -0.25) is 14.4 Å². The van der Waals surface area contributed by atoms with Gasteiger partial charge in [-0.05, 0) is 59.0 Å². The van der Waals surface area contributed by atoms with Crippen LogP contribution in [0.2, 0.25) is 0 Å². The van der Waals surface area contributed by atoms with Gasteiger partial charge >= 0.3 is 5.97 Å². The van der Waals surface area contributed by atoms with Gasteiger partial charge in [-0.15, -0.1) is 0 Å². The highest BCUT2D eigenvalue weighted by atomic mass is 16.6. The Hall–Kier alpha value is -2.57. The van der Waals surface area contributed by atoms with E-state index in [-0.39, 0.29) is 18.7 Å². The zero-order chi connectivity index (χ0) is 21.7. The molecule has 1 aliphatic rings. The monoisotopic (exact) mass is 405 g/mol. The van der Waals surface area contributed by atoms with E-state index >= 15 is 0 Å². The third kappa shape index (κ3) is 11.1. The molecule has 0 aromatic heterocycles. The van der Waals surface area contributed by atoms with Crippen LogP contribution in [0, 0.1) is 0 Å². The number of carbonyl (C=O) groups is 3. The SMILES string of the molecule is C/C1=C(\CCNC(=O)[C@H](CCC(=O)OC(C)(C)C)NC=O)C/C=C\C/C=C\CN1. The third-order valence-electron chi connectivity index (χ3n) is 4.35. The van der Waals surface area contributed by atoms with Crippen molar-refractivity contribution in [2.24, 2.45) is 0 Å². The summed E-state index contributed by atoms with van der Waals surface area (Å²) in [6, 6.07) is -0.762. The van der Waals surface area contributed by atoms with Gasteiger partial charge in [0.15, 0.2) is 0 Å². The summed E-state index contributed by atoms with van der Waals surface area (Å²) in [5, 5.41) is 8.72. The molecule has 0 aliphatic carbocycles. The molecule has 2 amide bonds. The van der Waals surface area contributed by atoms with E-state index < -0.39 is 17.6 Å². The Morgan fingerprint density at radius 3 is 2.66 bits per heavy atom. The third-order valence-corrected chi connectivity index (χ3v) is 4.35. The standard InChI is InChI=1S/C22H35N3O4/c1-17-18(10-8-6-5-7-9-14-23-17)13-15-24-21(28)19(25-16-26)11-12-20(27)29-22(2,3)4/h6-9,16,19,23H,5,10-15H2,1-4H3,(H,24,28)(H,25,26)/b8-6-,9-7-,18-17+/t19-/m0/s1. The van der Waals surface area contributed by atoms with Crippen molar-refractivity contribution >= 4 is 18.3 Å². The number of hydrogen-bond acceptors (Lipinski definition) is 5. The van der Waals surface area contributed by atoms with Gasteiger partial charge in [-0.1, -0.05) is 24.3 Å². The van der Waals surface area contributed by atoms with E-state index in [1.54, 1.807) is 20.8 Å². The van der Waals surface area contributed by atoms with Crippen molar-refractivity contribution in [2.75, 3.05) is 13.1 Å². The molecule has 7 nitrogen and oxygen atoms in total. The average molecular weight is 406 g/mol. The summed E-state index contributed by atoms with van der Waals surface area (Å²) >= 11 is 0. The number of nitrogens with one attached hydrogen (secondary N) is 3. The molecule has 1 atom stereocenters. The normalized spacial score (nSPS) is 20.6. The topological polar surface area (TPSA) is 96.5 Å². The first-order valence-corrected chi connectivity index (χ1v) is 10.1. The molecule has 0 radical (unpaired) electrons. The molecule has 3 N–H and O–H groups in total. The molecule has 1 rings (SSSR count). The van der Waals surface area contributed by atoms with E-state index in [0.717, 1.165) is 25.1 Å². The van der Waals surface area contributed by atoms with Crippen LogP contribution >= 0.6 is 0 Å². The van der Waals surface area contributed by atoms with Crippen LogP contribution in [0.3, 0.4) is 0 Å². The number of ether oxygens (including phenoxy) is 1. The van der Waals surface area contributed by atoms with Gasteiger partial charge < -0.3 is 20.7 Å². The lowest BCUT2D eigenvalue weighted by Gasteiger charge is -2.21. The van der Waals surface area contributed by atoms with E-state index in [4.69, 9.17) is 4.74 Å². The van der Waals surface area contributed by atoms with Crippen molar-refractivity contribution in [3.8, 4) is 0 Å². The van der Waals surface area contributed by atoms with Crippen LogP contribution in [0.5, 0.6) is 0 Å². The number of esters is 1. The Bertz CT molecular complexity index is 645. The average Bonchev–Trinajstić information content (AvgIpc) is 2.63. The Morgan fingerprint density at radius 2 is 1.97 bits per heavy atom. The quantitative estimate of drug-likeness (QED) is 0.311. The first-order chi connectivity index (χ1) is 13.7. The second-order valence-electron chi connectivity index (χ2n) is 8.00. The molecule has 0 saturated carbocycles. The number of carbonyl (C=O) groups excluding carboxylic acids is 3. The van der Waals surface area contributed by atoms with E-state index in [9.17, 15) is 14.4 Å². The molecule has 0 saturated heterocycles. The summed E-state index contributed by atoms with van der Waals surface area (Å²) in [7, 11) is 0. The van der Waals surface area contributed by atoms with Crippen LogP contribution in [-0.4, -0.2) is 43.0 Å². The van der Waals surface area contributed by atoms with Crippen molar-refractivity contribution in [3.63, 3.8) is 0 Å². The second-order valence-corrected chi connectivity index (χ2v) is 8.00. The molecule has 29 heavy (non-hydrogen) atoms. The maximum Gasteiger partial charge on any atom is 0.306 e. The molecular formula is C22H35N3O4. The van der Waals surface area contributed by atoms with E-state index in [1.165, 1.54) is 5.57 Å². The molecule has 0 aromatic carbocycles. The second kappa shape index (κ2) is 12.8. The van der Waals surface area contributed by atoms with Gasteiger partial charge in [0.2, 0.25) is 12.3 Å². The summed E-state index contributed by atoms with van der Waals surface area (Å²) in [6.07, 6.45) is 11.7. The van der Waals surface area contributed by atoms with Crippen molar-refractivity contribution in [3.05, 3.63) is 35.6 Å². The van der Waals surface area contributed by atoms with E-state index in [2.05, 4.69) is 40.3 Å².